The summed E-state index contributed by atoms with van der Waals surface area (Å²) < 4.78 is 2.08. The van der Waals surface area contributed by atoms with Crippen molar-refractivity contribution in [2.45, 2.75) is 27.3 Å². The van der Waals surface area contributed by atoms with E-state index in [2.05, 4.69) is 26.3 Å². The molecule has 10 heteroatoms. The largest absolute Gasteiger partial charge is 0.365 e. The molecule has 0 saturated heterocycles. The SMILES string of the molecule is Cc1sc(NC(=O)Cn2nc([NH2+]O)c(Br)c2C)c(C(N)=O)c1C. The van der Waals surface area contributed by atoms with E-state index in [4.69, 9.17) is 10.9 Å². The molecule has 2 amide bonds. The molecule has 124 valence electrons. The first-order valence-corrected chi connectivity index (χ1v) is 8.27. The molecule has 0 aromatic carbocycles. The third-order valence-corrected chi connectivity index (χ3v) is 5.56. The van der Waals surface area contributed by atoms with Gasteiger partial charge in [-0.1, -0.05) is 0 Å². The first kappa shape index (κ1) is 17.6. The molecule has 0 unspecified atom stereocenters. The third kappa shape index (κ3) is 3.44. The van der Waals surface area contributed by atoms with Crippen LogP contribution in [0.15, 0.2) is 4.47 Å². The van der Waals surface area contributed by atoms with E-state index in [1.54, 1.807) is 13.8 Å². The third-order valence-electron chi connectivity index (χ3n) is 3.46. The number of aromatic nitrogens is 2. The Hall–Kier alpha value is -1.75. The van der Waals surface area contributed by atoms with Crippen molar-refractivity contribution in [3.63, 3.8) is 0 Å². The average Bonchev–Trinajstić information content (AvgIpc) is 2.90. The summed E-state index contributed by atoms with van der Waals surface area (Å²) in [5.74, 6) is -0.565. The molecule has 2 aromatic rings. The lowest BCUT2D eigenvalue weighted by atomic mass is 10.1. The van der Waals surface area contributed by atoms with Gasteiger partial charge in [-0.25, -0.2) is 5.21 Å². The summed E-state index contributed by atoms with van der Waals surface area (Å²) in [6.07, 6.45) is 0. The first-order valence-electron chi connectivity index (χ1n) is 6.66. The van der Waals surface area contributed by atoms with E-state index in [1.807, 2.05) is 6.92 Å². The zero-order valence-corrected chi connectivity index (χ0v) is 15.2. The molecule has 23 heavy (non-hydrogen) atoms. The summed E-state index contributed by atoms with van der Waals surface area (Å²) in [4.78, 5) is 24.7. The van der Waals surface area contributed by atoms with Gasteiger partial charge >= 0.3 is 0 Å². The van der Waals surface area contributed by atoms with E-state index in [9.17, 15) is 9.59 Å². The number of carbonyl (C=O) groups is 2. The zero-order chi connectivity index (χ0) is 17.3. The van der Waals surface area contributed by atoms with Crippen molar-refractivity contribution in [3.05, 3.63) is 26.2 Å². The van der Waals surface area contributed by atoms with Crippen LogP contribution < -0.4 is 16.5 Å². The molecule has 0 radical (unpaired) electrons. The van der Waals surface area contributed by atoms with Crippen molar-refractivity contribution >= 4 is 49.9 Å². The first-order chi connectivity index (χ1) is 10.8. The van der Waals surface area contributed by atoms with Crippen LogP contribution in [0.2, 0.25) is 0 Å². The van der Waals surface area contributed by atoms with Crippen LogP contribution in [0.25, 0.3) is 0 Å². The summed E-state index contributed by atoms with van der Waals surface area (Å²) in [5, 5.41) is 16.3. The highest BCUT2D eigenvalue weighted by Gasteiger charge is 2.21. The van der Waals surface area contributed by atoms with Crippen LogP contribution in [-0.4, -0.2) is 26.8 Å². The van der Waals surface area contributed by atoms with Gasteiger partial charge in [-0.15, -0.1) is 16.4 Å². The Bertz CT molecular complexity index is 783. The Morgan fingerprint density at radius 1 is 1.43 bits per heavy atom. The maximum Gasteiger partial charge on any atom is 0.290 e. The van der Waals surface area contributed by atoms with Crippen LogP contribution >= 0.6 is 27.3 Å². The summed E-state index contributed by atoms with van der Waals surface area (Å²) in [7, 11) is 0. The van der Waals surface area contributed by atoms with Crippen molar-refractivity contribution in [3.8, 4) is 0 Å². The van der Waals surface area contributed by atoms with Crippen molar-refractivity contribution in [1.29, 1.82) is 0 Å². The minimum atomic E-state index is -0.572. The number of aryl methyl sites for hydroxylation is 1. The number of nitrogens with two attached hydrogens (primary N) is 2. The van der Waals surface area contributed by atoms with Gasteiger partial charge in [-0.3, -0.25) is 14.3 Å². The number of carbonyl (C=O) groups excluding carboxylic acids is 2. The number of nitrogens with zero attached hydrogens (tertiary/aromatic N) is 2. The number of thiophene rings is 1. The van der Waals surface area contributed by atoms with Crippen LogP contribution in [0.1, 0.15) is 26.5 Å². The predicted octanol–water partition coefficient (Wildman–Crippen LogP) is 0.954. The van der Waals surface area contributed by atoms with Crippen molar-refractivity contribution in [2.75, 3.05) is 5.32 Å². The number of primary amides is 1. The van der Waals surface area contributed by atoms with Gasteiger partial charge in [0.25, 0.3) is 11.7 Å². The van der Waals surface area contributed by atoms with Gasteiger partial charge in [-0.05, 0) is 42.3 Å². The number of quaternary nitrogens is 1. The summed E-state index contributed by atoms with van der Waals surface area (Å²) in [5.41, 5.74) is 8.06. The van der Waals surface area contributed by atoms with Gasteiger partial charge in [0.1, 0.15) is 16.0 Å². The van der Waals surface area contributed by atoms with Gasteiger partial charge in [0.05, 0.1) is 11.3 Å². The van der Waals surface area contributed by atoms with Gasteiger partial charge in [0.15, 0.2) is 0 Å². The second-order valence-electron chi connectivity index (χ2n) is 4.97. The minimum Gasteiger partial charge on any atom is -0.365 e. The lowest BCUT2D eigenvalue weighted by Gasteiger charge is -2.06. The summed E-state index contributed by atoms with van der Waals surface area (Å²) in [6, 6.07) is 0. The van der Waals surface area contributed by atoms with Crippen molar-refractivity contribution in [1.82, 2.24) is 9.78 Å². The highest BCUT2D eigenvalue weighted by molar-refractivity contribution is 9.10. The number of hydrogen-bond acceptors (Lipinski definition) is 5. The van der Waals surface area contributed by atoms with Gasteiger partial charge in [0.2, 0.25) is 5.91 Å². The number of rotatable bonds is 5. The van der Waals surface area contributed by atoms with E-state index in [1.165, 1.54) is 16.0 Å². The van der Waals surface area contributed by atoms with E-state index in [0.717, 1.165) is 15.9 Å². The van der Waals surface area contributed by atoms with Crippen LogP contribution in [0, 0.1) is 20.8 Å². The maximum absolute atomic E-state index is 12.2. The molecule has 2 heterocycles. The molecule has 0 atom stereocenters. The van der Waals surface area contributed by atoms with Crippen LogP contribution in [-0.2, 0) is 11.3 Å². The molecule has 2 rings (SSSR count). The molecule has 0 aliphatic rings. The molecule has 0 saturated carbocycles. The molecular weight excluding hydrogens is 386 g/mol. The highest BCUT2D eigenvalue weighted by Crippen LogP contribution is 2.32. The normalized spacial score (nSPS) is 10.8. The molecule has 0 aliphatic heterocycles. The van der Waals surface area contributed by atoms with Gasteiger partial charge < -0.3 is 11.1 Å². The minimum absolute atomic E-state index is 0.0491. The Kier molecular flexibility index (Phi) is 5.19. The predicted molar refractivity (Wildman–Crippen MR) is 89.0 cm³/mol. The lowest BCUT2D eigenvalue weighted by Crippen LogP contribution is -2.74. The van der Waals surface area contributed by atoms with E-state index in [0.29, 0.717) is 26.5 Å². The van der Waals surface area contributed by atoms with Crippen LogP contribution in [0.3, 0.4) is 0 Å². The summed E-state index contributed by atoms with van der Waals surface area (Å²) in [6.45, 7) is 5.37. The Balaban J connectivity index is 2.21. The standard InChI is InChI=1S/C13H16BrN5O3S/c1-5-7(3)23-13(9(5)11(15)21)16-8(20)4-19-6(2)10(14)12(17-19)18-22/h22H,4H2,1-3H3,(H2,15,21)(H,16,20)(H,17,18)/p+1. The molecule has 0 aliphatic carbocycles. The van der Waals surface area contributed by atoms with Crippen LogP contribution in [0.5, 0.6) is 0 Å². The number of amides is 2. The van der Waals surface area contributed by atoms with E-state index >= 15 is 0 Å². The van der Waals surface area contributed by atoms with E-state index in [-0.39, 0.29) is 12.5 Å². The molecule has 0 fully saturated rings. The molecule has 0 bridgehead atoms. The topological polar surface area (TPSA) is 127 Å². The lowest BCUT2D eigenvalue weighted by molar-refractivity contribution is -0.828. The van der Waals surface area contributed by atoms with Crippen molar-refractivity contribution in [2.24, 2.45) is 5.73 Å². The molecule has 6 N–H and O–H groups in total. The number of hydrogen-bond donors (Lipinski definition) is 4. The van der Waals surface area contributed by atoms with Crippen molar-refractivity contribution < 1.29 is 20.3 Å². The van der Waals surface area contributed by atoms with Crippen LogP contribution in [0.4, 0.5) is 10.8 Å². The molecule has 8 nitrogen and oxygen atoms in total. The number of anilines is 1. The number of halogens is 1. The molecular formula is C13H17BrN5O3S+. The molecule has 0 spiro atoms. The Morgan fingerprint density at radius 3 is 2.61 bits per heavy atom. The molecule has 2 aromatic heterocycles. The highest BCUT2D eigenvalue weighted by atomic mass is 79.9. The van der Waals surface area contributed by atoms with E-state index < -0.39 is 5.91 Å². The quantitative estimate of drug-likeness (QED) is 0.555. The summed E-state index contributed by atoms with van der Waals surface area (Å²) >= 11 is 4.60. The second-order valence-corrected chi connectivity index (χ2v) is 6.99. The zero-order valence-electron chi connectivity index (χ0n) is 12.8. The second kappa shape index (κ2) is 6.79. The Morgan fingerprint density at radius 2 is 2.09 bits per heavy atom. The number of nitrogens with one attached hydrogen (secondary N) is 1. The average molecular weight is 403 g/mol. The van der Waals surface area contributed by atoms with Gasteiger partial charge in [0, 0.05) is 4.88 Å². The maximum atomic E-state index is 12.2. The fourth-order valence-corrected chi connectivity index (χ4v) is 3.57. The fraction of sp³-hybridized carbons (Fsp3) is 0.308. The monoisotopic (exact) mass is 402 g/mol. The Labute approximate surface area is 144 Å². The smallest absolute Gasteiger partial charge is 0.290 e. The van der Waals surface area contributed by atoms with Gasteiger partial charge in [-0.2, -0.15) is 5.48 Å². The fourth-order valence-electron chi connectivity index (χ4n) is 2.10.